The standard InChI is InChI=1S/C12H23NO2.CH2O3/c1-9-5-7-10(8-6-9)13-11(14)15-12(2,3)4;2-1(3)4/h9-10H,5-8H2,1-4H3,(H,13,14);(H2,2,3,4). The van der Waals surface area contributed by atoms with Crippen LogP contribution in [0.2, 0.25) is 0 Å². The van der Waals surface area contributed by atoms with Gasteiger partial charge in [-0.2, -0.15) is 0 Å². The third kappa shape index (κ3) is 11.4. The number of rotatable bonds is 1. The molecule has 1 aliphatic rings. The number of hydrogen-bond acceptors (Lipinski definition) is 3. The molecule has 6 nitrogen and oxygen atoms in total. The minimum absolute atomic E-state index is 0.276. The van der Waals surface area contributed by atoms with Crippen LogP contribution in [-0.4, -0.2) is 34.1 Å². The maximum atomic E-state index is 11.5. The van der Waals surface area contributed by atoms with Crippen LogP contribution in [0.25, 0.3) is 0 Å². The van der Waals surface area contributed by atoms with Crippen molar-refractivity contribution in [1.82, 2.24) is 5.32 Å². The molecular weight excluding hydrogens is 250 g/mol. The summed E-state index contributed by atoms with van der Waals surface area (Å²) in [5, 5.41) is 16.9. The van der Waals surface area contributed by atoms with Crippen LogP contribution < -0.4 is 5.32 Å². The number of ether oxygens (including phenoxy) is 1. The second-order valence-electron chi connectivity index (χ2n) is 5.89. The van der Waals surface area contributed by atoms with E-state index in [1.807, 2.05) is 20.8 Å². The SMILES string of the molecule is CC1CCC(NC(=O)OC(C)(C)C)CC1.O=C(O)O. The lowest BCUT2D eigenvalue weighted by Crippen LogP contribution is -2.40. The molecule has 0 spiro atoms. The first kappa shape index (κ1) is 17.5. The van der Waals surface area contributed by atoms with Crippen molar-refractivity contribution in [3.05, 3.63) is 0 Å². The zero-order valence-corrected chi connectivity index (χ0v) is 12.1. The van der Waals surface area contributed by atoms with E-state index in [2.05, 4.69) is 12.2 Å². The Balaban J connectivity index is 0.000000711. The summed E-state index contributed by atoms with van der Waals surface area (Å²) in [6.45, 7) is 7.92. The fraction of sp³-hybridized carbons (Fsp3) is 0.846. The second kappa shape index (κ2) is 7.86. The molecule has 0 unspecified atom stereocenters. The molecule has 0 aromatic carbocycles. The van der Waals surface area contributed by atoms with Crippen LogP contribution in [0.15, 0.2) is 0 Å². The van der Waals surface area contributed by atoms with Crippen LogP contribution in [-0.2, 0) is 4.74 Å². The van der Waals surface area contributed by atoms with E-state index >= 15 is 0 Å². The topological polar surface area (TPSA) is 95.9 Å². The van der Waals surface area contributed by atoms with Crippen LogP contribution in [0.5, 0.6) is 0 Å². The largest absolute Gasteiger partial charge is 0.503 e. The van der Waals surface area contributed by atoms with Crippen LogP contribution in [0.3, 0.4) is 0 Å². The van der Waals surface area contributed by atoms with Gasteiger partial charge in [-0.15, -0.1) is 0 Å². The zero-order chi connectivity index (χ0) is 15.1. The fourth-order valence-electron chi connectivity index (χ4n) is 1.88. The molecule has 112 valence electrons. The van der Waals surface area contributed by atoms with Crippen molar-refractivity contribution >= 4 is 12.2 Å². The zero-order valence-electron chi connectivity index (χ0n) is 12.1. The lowest BCUT2D eigenvalue weighted by atomic mass is 9.87. The predicted octanol–water partition coefficient (Wildman–Crippen LogP) is 3.31. The summed E-state index contributed by atoms with van der Waals surface area (Å²) in [5.41, 5.74) is -0.397. The van der Waals surface area contributed by atoms with E-state index in [-0.39, 0.29) is 6.09 Å². The summed E-state index contributed by atoms with van der Waals surface area (Å²) in [6, 6.07) is 0.316. The highest BCUT2D eigenvalue weighted by molar-refractivity contribution is 5.68. The molecule has 0 atom stereocenters. The molecule has 6 heteroatoms. The van der Waals surface area contributed by atoms with Gasteiger partial charge >= 0.3 is 12.2 Å². The van der Waals surface area contributed by atoms with Gasteiger partial charge in [0.05, 0.1) is 0 Å². The van der Waals surface area contributed by atoms with Crippen molar-refractivity contribution in [2.75, 3.05) is 0 Å². The molecule has 19 heavy (non-hydrogen) atoms. The molecule has 0 saturated heterocycles. The average molecular weight is 275 g/mol. The Hall–Kier alpha value is -1.46. The van der Waals surface area contributed by atoms with E-state index in [1.54, 1.807) is 0 Å². The maximum absolute atomic E-state index is 11.5. The van der Waals surface area contributed by atoms with Gasteiger partial charge in [0.1, 0.15) is 5.60 Å². The van der Waals surface area contributed by atoms with Gasteiger partial charge in [-0.1, -0.05) is 6.92 Å². The number of carbonyl (C=O) groups is 2. The summed E-state index contributed by atoms with van der Waals surface area (Å²) >= 11 is 0. The molecule has 0 bridgehead atoms. The normalized spacial score (nSPS) is 22.7. The van der Waals surface area contributed by atoms with E-state index in [9.17, 15) is 4.79 Å². The Kier molecular flexibility index (Phi) is 7.26. The van der Waals surface area contributed by atoms with Gasteiger partial charge in [-0.25, -0.2) is 9.59 Å². The van der Waals surface area contributed by atoms with E-state index < -0.39 is 11.8 Å². The van der Waals surface area contributed by atoms with Gasteiger partial charge in [0, 0.05) is 6.04 Å². The van der Waals surface area contributed by atoms with Crippen molar-refractivity contribution in [2.24, 2.45) is 5.92 Å². The highest BCUT2D eigenvalue weighted by atomic mass is 16.6. The smallest absolute Gasteiger partial charge is 0.450 e. The van der Waals surface area contributed by atoms with Crippen molar-refractivity contribution < 1.29 is 24.5 Å². The number of amides is 1. The number of carboxylic acid groups (broad SMARTS) is 2. The van der Waals surface area contributed by atoms with Crippen molar-refractivity contribution in [3.63, 3.8) is 0 Å². The van der Waals surface area contributed by atoms with Crippen LogP contribution in [0.4, 0.5) is 9.59 Å². The van der Waals surface area contributed by atoms with E-state index in [0.29, 0.717) is 6.04 Å². The average Bonchev–Trinajstić information content (AvgIpc) is 2.17. The lowest BCUT2D eigenvalue weighted by molar-refractivity contribution is 0.0488. The molecule has 0 radical (unpaired) electrons. The Bertz CT molecular complexity index is 286. The van der Waals surface area contributed by atoms with Gasteiger partial charge < -0.3 is 20.3 Å². The first-order valence-corrected chi connectivity index (χ1v) is 6.51. The molecule has 1 rings (SSSR count). The lowest BCUT2D eigenvalue weighted by Gasteiger charge is -2.28. The number of nitrogens with one attached hydrogen (secondary N) is 1. The number of alkyl carbamates (subject to hydrolysis) is 1. The Morgan fingerprint density at radius 1 is 1.11 bits per heavy atom. The quantitative estimate of drug-likeness (QED) is 0.682. The third-order valence-electron chi connectivity index (χ3n) is 2.74. The van der Waals surface area contributed by atoms with Gasteiger partial charge in [0.15, 0.2) is 0 Å². The van der Waals surface area contributed by atoms with Crippen molar-refractivity contribution in [2.45, 2.75) is 65.0 Å². The highest BCUT2D eigenvalue weighted by Gasteiger charge is 2.22. The summed E-state index contributed by atoms with van der Waals surface area (Å²) in [7, 11) is 0. The first-order chi connectivity index (χ1) is 8.60. The van der Waals surface area contributed by atoms with Gasteiger partial charge in [-0.05, 0) is 52.4 Å². The van der Waals surface area contributed by atoms with E-state index in [4.69, 9.17) is 19.7 Å². The molecule has 1 saturated carbocycles. The minimum Gasteiger partial charge on any atom is -0.450 e. The first-order valence-electron chi connectivity index (χ1n) is 6.51. The molecule has 0 heterocycles. The second-order valence-corrected chi connectivity index (χ2v) is 5.89. The molecule has 1 amide bonds. The molecular formula is C13H25NO5. The molecule has 0 aliphatic heterocycles. The minimum atomic E-state index is -1.83. The van der Waals surface area contributed by atoms with Crippen LogP contribution in [0.1, 0.15) is 53.4 Å². The molecule has 1 aliphatic carbocycles. The molecule has 0 aromatic heterocycles. The predicted molar refractivity (Wildman–Crippen MR) is 71.4 cm³/mol. The maximum Gasteiger partial charge on any atom is 0.503 e. The van der Waals surface area contributed by atoms with E-state index in [0.717, 1.165) is 18.8 Å². The summed E-state index contributed by atoms with van der Waals surface area (Å²) in [6.07, 6.45) is 2.48. The Morgan fingerprint density at radius 2 is 1.53 bits per heavy atom. The Morgan fingerprint density at radius 3 is 1.89 bits per heavy atom. The van der Waals surface area contributed by atoms with Crippen molar-refractivity contribution in [1.29, 1.82) is 0 Å². The summed E-state index contributed by atoms with van der Waals surface area (Å²) in [4.78, 5) is 20.0. The molecule has 1 fully saturated rings. The van der Waals surface area contributed by atoms with Crippen LogP contribution in [0, 0.1) is 5.92 Å². The monoisotopic (exact) mass is 275 g/mol. The molecule has 0 aromatic rings. The summed E-state index contributed by atoms with van der Waals surface area (Å²) < 4.78 is 5.22. The van der Waals surface area contributed by atoms with Gasteiger partial charge in [0.25, 0.3) is 0 Å². The Labute approximate surface area is 114 Å². The van der Waals surface area contributed by atoms with Crippen LogP contribution >= 0.6 is 0 Å². The number of hydrogen-bond donors (Lipinski definition) is 3. The van der Waals surface area contributed by atoms with Crippen molar-refractivity contribution in [3.8, 4) is 0 Å². The van der Waals surface area contributed by atoms with E-state index in [1.165, 1.54) is 12.8 Å². The van der Waals surface area contributed by atoms with Gasteiger partial charge in [0.2, 0.25) is 0 Å². The third-order valence-corrected chi connectivity index (χ3v) is 2.74. The number of carbonyl (C=O) groups excluding carboxylic acids is 1. The highest BCUT2D eigenvalue weighted by Crippen LogP contribution is 2.23. The fourth-order valence-corrected chi connectivity index (χ4v) is 1.88. The molecule has 3 N–H and O–H groups in total. The summed E-state index contributed by atoms with van der Waals surface area (Å²) in [5.74, 6) is 0.807. The van der Waals surface area contributed by atoms with Gasteiger partial charge in [-0.3, -0.25) is 0 Å².